The summed E-state index contributed by atoms with van der Waals surface area (Å²) >= 11 is 0. The second-order valence-corrected chi connectivity index (χ2v) is 7.13. The molecule has 158 valence electrons. The Morgan fingerprint density at radius 2 is 1.93 bits per heavy atom. The van der Waals surface area contributed by atoms with E-state index in [1.807, 2.05) is 30.3 Å². The molecule has 0 saturated heterocycles. The highest BCUT2D eigenvalue weighted by Gasteiger charge is 2.24. The van der Waals surface area contributed by atoms with Gasteiger partial charge in [0, 0.05) is 20.5 Å². The highest BCUT2D eigenvalue weighted by atomic mass is 16.7. The number of para-hydroxylation sites is 1. The Balaban J connectivity index is 1.97. The number of hydrogen-bond donors (Lipinski definition) is 0. The minimum atomic E-state index is -0.432. The van der Waals surface area contributed by atoms with Crippen molar-refractivity contribution in [2.24, 2.45) is 0 Å². The predicted octanol–water partition coefficient (Wildman–Crippen LogP) is 3.30. The molecule has 0 fully saturated rings. The van der Waals surface area contributed by atoms with Crippen molar-refractivity contribution in [1.29, 1.82) is 5.26 Å². The third-order valence-electron chi connectivity index (χ3n) is 5.33. The Labute approximate surface area is 176 Å². The van der Waals surface area contributed by atoms with Crippen molar-refractivity contribution in [2.75, 3.05) is 34.6 Å². The zero-order valence-electron chi connectivity index (χ0n) is 17.7. The van der Waals surface area contributed by atoms with Crippen molar-refractivity contribution < 1.29 is 23.7 Å². The summed E-state index contributed by atoms with van der Waals surface area (Å²) in [5, 5.41) is 10.0. The standard InChI is InChI=1S/C23H26N2O5/c1-15(26)25(2)9-8-16-11-21(27-3)22(28-4)12-19(16)18(13-24)10-17-6-5-7-20-23(17)30-14-29-20/h5-7,11-12,18H,8-10,14H2,1-4H3. The van der Waals surface area contributed by atoms with Crippen LogP contribution in [0.5, 0.6) is 23.0 Å². The molecule has 2 aromatic rings. The lowest BCUT2D eigenvalue weighted by atomic mass is 9.88. The first-order valence-electron chi connectivity index (χ1n) is 9.72. The molecule has 7 nitrogen and oxygen atoms in total. The number of carbonyl (C=O) groups excluding carboxylic acids is 1. The van der Waals surface area contributed by atoms with Crippen LogP contribution in [-0.4, -0.2) is 45.4 Å². The van der Waals surface area contributed by atoms with Crippen LogP contribution in [0, 0.1) is 11.3 Å². The molecule has 3 rings (SSSR count). The van der Waals surface area contributed by atoms with Gasteiger partial charge in [-0.2, -0.15) is 5.26 Å². The Bertz CT molecular complexity index is 967. The molecule has 1 aliphatic rings. The van der Waals surface area contributed by atoms with Crippen LogP contribution in [-0.2, 0) is 17.6 Å². The van der Waals surface area contributed by atoms with Crippen LogP contribution in [0.25, 0.3) is 0 Å². The van der Waals surface area contributed by atoms with E-state index in [1.54, 1.807) is 26.2 Å². The summed E-state index contributed by atoms with van der Waals surface area (Å²) in [6.45, 7) is 2.25. The largest absolute Gasteiger partial charge is 0.493 e. The van der Waals surface area contributed by atoms with E-state index in [-0.39, 0.29) is 12.7 Å². The Morgan fingerprint density at radius 1 is 1.20 bits per heavy atom. The van der Waals surface area contributed by atoms with Crippen molar-refractivity contribution in [3.05, 3.63) is 47.0 Å². The number of methoxy groups -OCH3 is 2. The van der Waals surface area contributed by atoms with Crippen molar-refractivity contribution in [3.63, 3.8) is 0 Å². The van der Waals surface area contributed by atoms with Gasteiger partial charge < -0.3 is 23.8 Å². The van der Waals surface area contributed by atoms with Crippen LogP contribution in [0.1, 0.15) is 29.5 Å². The molecule has 1 atom stereocenters. The molecule has 1 unspecified atom stereocenters. The number of nitriles is 1. The normalized spacial score (nSPS) is 12.8. The third-order valence-corrected chi connectivity index (χ3v) is 5.33. The first-order valence-corrected chi connectivity index (χ1v) is 9.72. The molecule has 0 aromatic heterocycles. The second-order valence-electron chi connectivity index (χ2n) is 7.13. The molecule has 1 heterocycles. The maximum atomic E-state index is 11.6. The average molecular weight is 410 g/mol. The van der Waals surface area contributed by atoms with Crippen molar-refractivity contribution in [3.8, 4) is 29.1 Å². The topological polar surface area (TPSA) is 81.0 Å². The molecule has 0 spiro atoms. The van der Waals surface area contributed by atoms with Crippen molar-refractivity contribution >= 4 is 5.91 Å². The van der Waals surface area contributed by atoms with Crippen LogP contribution in [0.15, 0.2) is 30.3 Å². The van der Waals surface area contributed by atoms with Gasteiger partial charge in [0.25, 0.3) is 0 Å². The number of ether oxygens (including phenoxy) is 4. The number of rotatable bonds is 8. The molecule has 1 aliphatic heterocycles. The van der Waals surface area contributed by atoms with Gasteiger partial charge in [0.1, 0.15) is 0 Å². The highest BCUT2D eigenvalue weighted by Crippen LogP contribution is 2.40. The van der Waals surface area contributed by atoms with E-state index in [1.165, 1.54) is 6.92 Å². The smallest absolute Gasteiger partial charge is 0.231 e. The zero-order chi connectivity index (χ0) is 21.7. The third kappa shape index (κ3) is 4.43. The van der Waals surface area contributed by atoms with E-state index in [4.69, 9.17) is 18.9 Å². The van der Waals surface area contributed by atoms with Crippen LogP contribution in [0.4, 0.5) is 0 Å². The monoisotopic (exact) mass is 410 g/mol. The van der Waals surface area contributed by atoms with Gasteiger partial charge in [-0.25, -0.2) is 0 Å². The molecule has 0 N–H and O–H groups in total. The summed E-state index contributed by atoms with van der Waals surface area (Å²) in [6, 6.07) is 11.9. The number of likely N-dealkylation sites (N-methyl/N-ethyl adjacent to an activating group) is 1. The molecule has 30 heavy (non-hydrogen) atoms. The van der Waals surface area contributed by atoms with Crippen LogP contribution >= 0.6 is 0 Å². The Kier molecular flexibility index (Phi) is 6.68. The van der Waals surface area contributed by atoms with Crippen LogP contribution in [0.2, 0.25) is 0 Å². The molecule has 0 aliphatic carbocycles. The molecular formula is C23H26N2O5. The fourth-order valence-electron chi connectivity index (χ4n) is 3.52. The lowest BCUT2D eigenvalue weighted by Crippen LogP contribution is -2.26. The Hall–Kier alpha value is -3.40. The molecule has 7 heteroatoms. The molecule has 0 saturated carbocycles. The number of hydrogen-bond acceptors (Lipinski definition) is 6. The van der Waals surface area contributed by atoms with E-state index >= 15 is 0 Å². The van der Waals surface area contributed by atoms with Gasteiger partial charge in [-0.1, -0.05) is 12.1 Å². The molecular weight excluding hydrogens is 384 g/mol. The van der Waals surface area contributed by atoms with Crippen LogP contribution < -0.4 is 18.9 Å². The fraction of sp³-hybridized carbons (Fsp3) is 0.391. The summed E-state index contributed by atoms with van der Waals surface area (Å²) in [5.41, 5.74) is 2.71. The summed E-state index contributed by atoms with van der Waals surface area (Å²) in [5.74, 6) is 2.10. The highest BCUT2D eigenvalue weighted by molar-refractivity contribution is 5.72. The minimum absolute atomic E-state index is 0.00847. The molecule has 1 amide bonds. The number of carbonyl (C=O) groups is 1. The number of amides is 1. The number of benzene rings is 2. The Morgan fingerprint density at radius 3 is 2.60 bits per heavy atom. The molecule has 0 bridgehead atoms. The summed E-state index contributed by atoms with van der Waals surface area (Å²) in [4.78, 5) is 13.3. The van der Waals surface area contributed by atoms with Gasteiger partial charge >= 0.3 is 0 Å². The number of nitrogens with zero attached hydrogens (tertiary/aromatic N) is 2. The van der Waals surface area contributed by atoms with E-state index in [9.17, 15) is 10.1 Å². The SMILES string of the molecule is COc1cc(CCN(C)C(C)=O)c(C(C#N)Cc2cccc3c2OCO3)cc1OC. The van der Waals surface area contributed by atoms with Gasteiger partial charge in [0.15, 0.2) is 23.0 Å². The maximum absolute atomic E-state index is 11.6. The molecule has 2 aromatic carbocycles. The van der Waals surface area contributed by atoms with Crippen molar-refractivity contribution in [2.45, 2.75) is 25.7 Å². The summed E-state index contributed by atoms with van der Waals surface area (Å²) in [6.07, 6.45) is 1.06. The zero-order valence-corrected chi connectivity index (χ0v) is 17.7. The lowest BCUT2D eigenvalue weighted by Gasteiger charge is -2.21. The van der Waals surface area contributed by atoms with Gasteiger partial charge in [-0.3, -0.25) is 4.79 Å². The first kappa shape index (κ1) is 21.3. The average Bonchev–Trinajstić information content (AvgIpc) is 3.24. The lowest BCUT2D eigenvalue weighted by molar-refractivity contribution is -0.127. The molecule has 0 radical (unpaired) electrons. The van der Waals surface area contributed by atoms with E-state index in [0.717, 1.165) is 16.7 Å². The van der Waals surface area contributed by atoms with Crippen molar-refractivity contribution in [1.82, 2.24) is 4.90 Å². The van der Waals surface area contributed by atoms with E-state index in [2.05, 4.69) is 6.07 Å². The van der Waals surface area contributed by atoms with E-state index < -0.39 is 5.92 Å². The summed E-state index contributed by atoms with van der Waals surface area (Å²) in [7, 11) is 4.91. The van der Waals surface area contributed by atoms with Gasteiger partial charge in [0.05, 0.1) is 26.2 Å². The van der Waals surface area contributed by atoms with E-state index in [0.29, 0.717) is 42.4 Å². The number of fused-ring (bicyclic) bond motifs is 1. The van der Waals surface area contributed by atoms with Gasteiger partial charge in [-0.05, 0) is 47.7 Å². The van der Waals surface area contributed by atoms with Gasteiger partial charge in [0.2, 0.25) is 12.7 Å². The quantitative estimate of drug-likeness (QED) is 0.664. The fourth-order valence-corrected chi connectivity index (χ4v) is 3.52. The van der Waals surface area contributed by atoms with Crippen LogP contribution in [0.3, 0.4) is 0 Å². The predicted molar refractivity (Wildman–Crippen MR) is 111 cm³/mol. The van der Waals surface area contributed by atoms with Gasteiger partial charge in [-0.15, -0.1) is 0 Å². The first-order chi connectivity index (χ1) is 14.5. The maximum Gasteiger partial charge on any atom is 0.231 e. The second kappa shape index (κ2) is 9.40. The minimum Gasteiger partial charge on any atom is -0.493 e. The summed E-state index contributed by atoms with van der Waals surface area (Å²) < 4.78 is 22.0.